The van der Waals surface area contributed by atoms with E-state index >= 15 is 0 Å². The molecule has 1 saturated carbocycles. The molecule has 1 fully saturated rings. The van der Waals surface area contributed by atoms with Crippen LogP contribution in [0, 0.1) is 5.92 Å². The van der Waals surface area contributed by atoms with Crippen LogP contribution in [0.3, 0.4) is 0 Å². The van der Waals surface area contributed by atoms with Gasteiger partial charge in [-0.05, 0) is 32.2 Å². The summed E-state index contributed by atoms with van der Waals surface area (Å²) >= 11 is 0. The van der Waals surface area contributed by atoms with E-state index in [9.17, 15) is 4.79 Å². The molecule has 0 aromatic rings. The van der Waals surface area contributed by atoms with E-state index in [4.69, 9.17) is 5.73 Å². The molecule has 0 saturated heterocycles. The van der Waals surface area contributed by atoms with Gasteiger partial charge in [-0.3, -0.25) is 0 Å². The quantitative estimate of drug-likeness (QED) is 0.705. The van der Waals surface area contributed by atoms with Gasteiger partial charge in [0.2, 0.25) is 0 Å². The van der Waals surface area contributed by atoms with E-state index in [0.717, 1.165) is 12.8 Å². The van der Waals surface area contributed by atoms with Crippen LogP contribution in [0.1, 0.15) is 26.2 Å². The zero-order chi connectivity index (χ0) is 10.6. The van der Waals surface area contributed by atoms with Crippen LogP contribution in [0.25, 0.3) is 0 Å². The smallest absolute Gasteiger partial charge is 0.317 e. The number of nitrogens with two attached hydrogens (primary N) is 1. The number of hydrogen-bond acceptors (Lipinski definition) is 2. The maximum atomic E-state index is 11.6. The first kappa shape index (κ1) is 11.3. The summed E-state index contributed by atoms with van der Waals surface area (Å²) in [5.41, 5.74) is 5.68. The summed E-state index contributed by atoms with van der Waals surface area (Å²) < 4.78 is 0. The molecule has 0 aromatic heterocycles. The van der Waals surface area contributed by atoms with Gasteiger partial charge in [0.1, 0.15) is 0 Å². The zero-order valence-electron chi connectivity index (χ0n) is 9.12. The van der Waals surface area contributed by atoms with Crippen LogP contribution in [-0.4, -0.2) is 37.1 Å². The molecule has 2 atom stereocenters. The number of hydrogen-bond donors (Lipinski definition) is 2. The van der Waals surface area contributed by atoms with Crippen molar-refractivity contribution < 1.29 is 4.79 Å². The molecule has 1 rings (SSSR count). The van der Waals surface area contributed by atoms with E-state index in [-0.39, 0.29) is 6.03 Å². The van der Waals surface area contributed by atoms with E-state index in [1.54, 1.807) is 0 Å². The summed E-state index contributed by atoms with van der Waals surface area (Å²) in [4.78, 5) is 13.4. The average Bonchev–Trinajstić information content (AvgIpc) is 2.64. The van der Waals surface area contributed by atoms with Crippen LogP contribution in [0.2, 0.25) is 0 Å². The van der Waals surface area contributed by atoms with E-state index in [1.165, 1.54) is 6.42 Å². The number of carbonyl (C=O) groups excluding carboxylic acids is 1. The average molecular weight is 199 g/mol. The van der Waals surface area contributed by atoms with Crippen molar-refractivity contribution in [2.24, 2.45) is 11.7 Å². The SMILES string of the molecule is CCNC(=O)N(C)C1CCCC1CN. The van der Waals surface area contributed by atoms with Crippen LogP contribution in [0.4, 0.5) is 4.79 Å². The Morgan fingerprint density at radius 2 is 2.29 bits per heavy atom. The molecule has 2 unspecified atom stereocenters. The predicted molar refractivity (Wildman–Crippen MR) is 57.0 cm³/mol. The summed E-state index contributed by atoms with van der Waals surface area (Å²) in [7, 11) is 1.86. The molecular formula is C10H21N3O. The van der Waals surface area contributed by atoms with Gasteiger partial charge in [0.15, 0.2) is 0 Å². The van der Waals surface area contributed by atoms with Gasteiger partial charge in [-0.15, -0.1) is 0 Å². The van der Waals surface area contributed by atoms with E-state index in [0.29, 0.717) is 25.0 Å². The minimum Gasteiger partial charge on any atom is -0.338 e. The number of nitrogens with zero attached hydrogens (tertiary/aromatic N) is 1. The Kier molecular flexibility index (Phi) is 4.20. The van der Waals surface area contributed by atoms with Crippen molar-refractivity contribution in [2.45, 2.75) is 32.2 Å². The Morgan fingerprint density at radius 3 is 2.86 bits per heavy atom. The fraction of sp³-hybridized carbons (Fsp3) is 0.900. The minimum absolute atomic E-state index is 0.0258. The lowest BCUT2D eigenvalue weighted by atomic mass is 10.0. The van der Waals surface area contributed by atoms with Gasteiger partial charge in [-0.2, -0.15) is 0 Å². The van der Waals surface area contributed by atoms with E-state index in [2.05, 4.69) is 5.32 Å². The molecule has 0 aromatic carbocycles. The first-order chi connectivity index (χ1) is 6.70. The molecule has 0 aliphatic heterocycles. The van der Waals surface area contributed by atoms with Gasteiger partial charge in [0.25, 0.3) is 0 Å². The predicted octanol–water partition coefficient (Wildman–Crippen LogP) is 0.775. The lowest BCUT2D eigenvalue weighted by Gasteiger charge is -2.29. The lowest BCUT2D eigenvalue weighted by molar-refractivity contribution is 0.177. The maximum Gasteiger partial charge on any atom is 0.317 e. The van der Waals surface area contributed by atoms with Crippen LogP contribution >= 0.6 is 0 Å². The normalized spacial score (nSPS) is 26.2. The third-order valence-electron chi connectivity index (χ3n) is 3.07. The molecule has 14 heavy (non-hydrogen) atoms. The second-order valence-corrected chi connectivity index (χ2v) is 3.94. The highest BCUT2D eigenvalue weighted by Crippen LogP contribution is 2.28. The topological polar surface area (TPSA) is 58.4 Å². The molecule has 0 bridgehead atoms. The standard InChI is InChI=1S/C10H21N3O/c1-3-12-10(14)13(2)9-6-4-5-8(9)7-11/h8-9H,3-7,11H2,1-2H3,(H,12,14). The van der Waals surface area contributed by atoms with Crippen molar-refractivity contribution in [3.63, 3.8) is 0 Å². The van der Waals surface area contributed by atoms with E-state index in [1.807, 2.05) is 18.9 Å². The number of amides is 2. The molecule has 3 N–H and O–H groups in total. The molecule has 82 valence electrons. The van der Waals surface area contributed by atoms with Gasteiger partial charge in [-0.25, -0.2) is 4.79 Å². The Hall–Kier alpha value is -0.770. The maximum absolute atomic E-state index is 11.6. The lowest BCUT2D eigenvalue weighted by Crippen LogP contribution is -2.46. The highest BCUT2D eigenvalue weighted by atomic mass is 16.2. The molecule has 2 amide bonds. The fourth-order valence-electron chi connectivity index (χ4n) is 2.23. The molecule has 0 heterocycles. The summed E-state index contributed by atoms with van der Waals surface area (Å²) in [5, 5.41) is 2.81. The van der Waals surface area contributed by atoms with Crippen molar-refractivity contribution >= 4 is 6.03 Å². The highest BCUT2D eigenvalue weighted by molar-refractivity contribution is 5.74. The first-order valence-electron chi connectivity index (χ1n) is 5.41. The van der Waals surface area contributed by atoms with E-state index < -0.39 is 0 Å². The summed E-state index contributed by atoms with van der Waals surface area (Å²) in [6.45, 7) is 3.30. The van der Waals surface area contributed by atoms with Crippen molar-refractivity contribution in [1.82, 2.24) is 10.2 Å². The molecule has 0 radical (unpaired) electrons. The van der Waals surface area contributed by atoms with Crippen LogP contribution in [-0.2, 0) is 0 Å². The highest BCUT2D eigenvalue weighted by Gasteiger charge is 2.31. The minimum atomic E-state index is 0.0258. The molecule has 1 aliphatic rings. The second-order valence-electron chi connectivity index (χ2n) is 3.94. The fourth-order valence-corrected chi connectivity index (χ4v) is 2.23. The van der Waals surface area contributed by atoms with Gasteiger partial charge in [0, 0.05) is 19.6 Å². The van der Waals surface area contributed by atoms with Crippen molar-refractivity contribution in [3.8, 4) is 0 Å². The zero-order valence-corrected chi connectivity index (χ0v) is 9.12. The summed E-state index contributed by atoms with van der Waals surface area (Å²) in [5.74, 6) is 0.489. The van der Waals surface area contributed by atoms with Crippen molar-refractivity contribution in [2.75, 3.05) is 20.1 Å². The van der Waals surface area contributed by atoms with Crippen molar-refractivity contribution in [1.29, 1.82) is 0 Å². The van der Waals surface area contributed by atoms with Gasteiger partial charge >= 0.3 is 6.03 Å². The van der Waals surface area contributed by atoms with Crippen LogP contribution < -0.4 is 11.1 Å². The Morgan fingerprint density at radius 1 is 1.57 bits per heavy atom. The number of nitrogens with one attached hydrogen (secondary N) is 1. The molecule has 4 heteroatoms. The Labute approximate surface area is 85.8 Å². The largest absolute Gasteiger partial charge is 0.338 e. The Bertz CT molecular complexity index is 196. The van der Waals surface area contributed by atoms with Gasteiger partial charge < -0.3 is 16.0 Å². The number of carbonyl (C=O) groups is 1. The van der Waals surface area contributed by atoms with Gasteiger partial charge in [-0.1, -0.05) is 6.42 Å². The summed E-state index contributed by atoms with van der Waals surface area (Å²) in [6, 6.07) is 0.365. The van der Waals surface area contributed by atoms with Crippen LogP contribution in [0.15, 0.2) is 0 Å². The first-order valence-corrected chi connectivity index (χ1v) is 5.41. The number of rotatable bonds is 3. The second kappa shape index (κ2) is 5.20. The molecular weight excluding hydrogens is 178 g/mol. The third-order valence-corrected chi connectivity index (χ3v) is 3.07. The molecule has 4 nitrogen and oxygen atoms in total. The summed E-state index contributed by atoms with van der Waals surface area (Å²) in [6.07, 6.45) is 3.44. The number of urea groups is 1. The third kappa shape index (κ3) is 2.38. The molecule has 1 aliphatic carbocycles. The van der Waals surface area contributed by atoms with Crippen LogP contribution in [0.5, 0.6) is 0 Å². The van der Waals surface area contributed by atoms with Crippen molar-refractivity contribution in [3.05, 3.63) is 0 Å². The van der Waals surface area contributed by atoms with Gasteiger partial charge in [0.05, 0.1) is 0 Å². The monoisotopic (exact) mass is 199 g/mol. The Balaban J connectivity index is 2.50. The molecule has 0 spiro atoms.